The van der Waals surface area contributed by atoms with Gasteiger partial charge in [-0.15, -0.1) is 0 Å². The van der Waals surface area contributed by atoms with Gasteiger partial charge in [0.05, 0.1) is 6.61 Å². The van der Waals surface area contributed by atoms with Crippen LogP contribution in [0.25, 0.3) is 0 Å². The van der Waals surface area contributed by atoms with Crippen molar-refractivity contribution < 1.29 is 23.8 Å². The SMILES string of the molecule is CCO[Si]CCCNC(=O)COC1CCOC1O. The van der Waals surface area contributed by atoms with Crippen molar-refractivity contribution in [1.82, 2.24) is 5.32 Å². The fourth-order valence-electron chi connectivity index (χ4n) is 1.52. The second kappa shape index (κ2) is 9.46. The first-order valence-electron chi connectivity index (χ1n) is 6.26. The van der Waals surface area contributed by atoms with Gasteiger partial charge in [0.2, 0.25) is 15.7 Å². The van der Waals surface area contributed by atoms with Gasteiger partial charge in [0, 0.05) is 19.6 Å². The van der Waals surface area contributed by atoms with Crippen molar-refractivity contribution in [2.45, 2.75) is 38.2 Å². The Balaban J connectivity index is 1.94. The van der Waals surface area contributed by atoms with E-state index in [2.05, 4.69) is 5.32 Å². The summed E-state index contributed by atoms with van der Waals surface area (Å²) >= 11 is 0. The molecule has 2 radical (unpaired) electrons. The summed E-state index contributed by atoms with van der Waals surface area (Å²) in [6.45, 7) is 3.79. The molecule has 0 saturated carbocycles. The normalized spacial score (nSPS) is 23.2. The molecule has 7 heteroatoms. The van der Waals surface area contributed by atoms with E-state index in [1.165, 1.54) is 0 Å². The molecule has 0 aromatic heterocycles. The first-order valence-corrected chi connectivity index (χ1v) is 7.38. The number of hydrogen-bond donors (Lipinski definition) is 2. The zero-order valence-corrected chi connectivity index (χ0v) is 11.7. The van der Waals surface area contributed by atoms with E-state index >= 15 is 0 Å². The van der Waals surface area contributed by atoms with E-state index < -0.39 is 6.29 Å². The highest BCUT2D eigenvalue weighted by atomic mass is 28.2. The summed E-state index contributed by atoms with van der Waals surface area (Å²) in [6.07, 6.45) is 0.254. The van der Waals surface area contributed by atoms with Crippen LogP contribution in [0.3, 0.4) is 0 Å². The van der Waals surface area contributed by atoms with Crippen molar-refractivity contribution in [3.05, 3.63) is 0 Å². The van der Waals surface area contributed by atoms with Crippen LogP contribution in [0.4, 0.5) is 0 Å². The van der Waals surface area contributed by atoms with Gasteiger partial charge in [-0.25, -0.2) is 0 Å². The minimum absolute atomic E-state index is 0.0289. The van der Waals surface area contributed by atoms with Gasteiger partial charge in [-0.05, 0) is 19.4 Å². The molecule has 104 valence electrons. The number of carbonyl (C=O) groups excluding carboxylic acids is 1. The van der Waals surface area contributed by atoms with Crippen LogP contribution in [0, 0.1) is 0 Å². The number of hydrogen-bond acceptors (Lipinski definition) is 5. The predicted octanol–water partition coefficient (Wildman–Crippen LogP) is -0.309. The number of nitrogens with one attached hydrogen (secondary N) is 1. The molecular weight excluding hydrogens is 254 g/mol. The Kier molecular flexibility index (Phi) is 8.19. The van der Waals surface area contributed by atoms with Crippen LogP contribution >= 0.6 is 0 Å². The quantitative estimate of drug-likeness (QED) is 0.446. The summed E-state index contributed by atoms with van der Waals surface area (Å²) in [7, 11) is 0.505. The molecule has 6 nitrogen and oxygen atoms in total. The molecule has 1 saturated heterocycles. The molecule has 2 atom stereocenters. The molecule has 2 unspecified atom stereocenters. The maximum absolute atomic E-state index is 11.4. The Morgan fingerprint density at radius 2 is 2.44 bits per heavy atom. The van der Waals surface area contributed by atoms with E-state index in [4.69, 9.17) is 13.9 Å². The molecule has 1 fully saturated rings. The number of ether oxygens (including phenoxy) is 2. The van der Waals surface area contributed by atoms with Crippen molar-refractivity contribution in [3.63, 3.8) is 0 Å². The van der Waals surface area contributed by atoms with Gasteiger partial charge in [-0.2, -0.15) is 0 Å². The number of carbonyl (C=O) groups is 1. The van der Waals surface area contributed by atoms with Crippen LogP contribution in [-0.2, 0) is 18.7 Å². The summed E-state index contributed by atoms with van der Waals surface area (Å²) in [4.78, 5) is 11.4. The molecule has 1 heterocycles. The molecule has 1 aliphatic heterocycles. The molecule has 0 aliphatic carbocycles. The monoisotopic (exact) mass is 275 g/mol. The smallest absolute Gasteiger partial charge is 0.246 e. The fraction of sp³-hybridized carbons (Fsp3) is 0.909. The fourth-order valence-corrected chi connectivity index (χ4v) is 2.19. The zero-order chi connectivity index (χ0) is 13.2. The van der Waals surface area contributed by atoms with Crippen LogP contribution in [-0.4, -0.2) is 59.5 Å². The zero-order valence-electron chi connectivity index (χ0n) is 10.7. The minimum atomic E-state index is -0.898. The average Bonchev–Trinajstić information content (AvgIpc) is 2.77. The van der Waals surface area contributed by atoms with E-state index in [1.807, 2.05) is 6.92 Å². The third-order valence-corrected chi connectivity index (χ3v) is 3.51. The van der Waals surface area contributed by atoms with Crippen molar-refractivity contribution in [2.75, 3.05) is 26.4 Å². The van der Waals surface area contributed by atoms with Crippen LogP contribution in [0.1, 0.15) is 19.8 Å². The molecule has 0 spiro atoms. The summed E-state index contributed by atoms with van der Waals surface area (Å²) in [5.74, 6) is -0.158. The predicted molar refractivity (Wildman–Crippen MR) is 66.1 cm³/mol. The highest BCUT2D eigenvalue weighted by molar-refractivity contribution is 6.26. The highest BCUT2D eigenvalue weighted by Gasteiger charge is 2.27. The third-order valence-electron chi connectivity index (χ3n) is 2.46. The van der Waals surface area contributed by atoms with E-state index in [1.54, 1.807) is 0 Å². The molecule has 1 amide bonds. The number of rotatable bonds is 9. The largest absolute Gasteiger partial charge is 0.418 e. The Morgan fingerprint density at radius 1 is 1.61 bits per heavy atom. The molecule has 2 N–H and O–H groups in total. The first-order chi connectivity index (χ1) is 8.74. The lowest BCUT2D eigenvalue weighted by molar-refractivity contribution is -0.143. The van der Waals surface area contributed by atoms with Gasteiger partial charge >= 0.3 is 0 Å². The van der Waals surface area contributed by atoms with E-state index in [-0.39, 0.29) is 18.6 Å². The van der Waals surface area contributed by atoms with Crippen molar-refractivity contribution in [1.29, 1.82) is 0 Å². The van der Waals surface area contributed by atoms with Crippen LogP contribution < -0.4 is 5.32 Å². The summed E-state index contributed by atoms with van der Waals surface area (Å²) < 4.78 is 15.4. The highest BCUT2D eigenvalue weighted by Crippen LogP contribution is 2.14. The van der Waals surface area contributed by atoms with Crippen LogP contribution in [0.2, 0.25) is 6.04 Å². The topological polar surface area (TPSA) is 77.0 Å². The molecule has 1 aliphatic rings. The molecular formula is C11H21NO5Si. The van der Waals surface area contributed by atoms with Crippen LogP contribution in [0.5, 0.6) is 0 Å². The minimum Gasteiger partial charge on any atom is -0.418 e. The van der Waals surface area contributed by atoms with E-state index in [0.717, 1.165) is 19.1 Å². The number of aliphatic hydroxyl groups excluding tert-OH is 1. The second-order valence-corrected chi connectivity index (χ2v) is 5.01. The third kappa shape index (κ3) is 6.46. The maximum Gasteiger partial charge on any atom is 0.246 e. The number of aliphatic hydroxyl groups is 1. The lowest BCUT2D eigenvalue weighted by Crippen LogP contribution is -2.33. The number of amides is 1. The standard InChI is InChI=1S/C11H21NO5Si/c1-2-17-18-7-3-5-12-10(13)8-16-9-4-6-15-11(9)14/h9,11,14H,2-8H2,1H3,(H,12,13). The lowest BCUT2D eigenvalue weighted by Gasteiger charge is -2.13. The Bertz CT molecular complexity index is 241. The molecule has 0 bridgehead atoms. The van der Waals surface area contributed by atoms with E-state index in [0.29, 0.717) is 29.3 Å². The van der Waals surface area contributed by atoms with Crippen molar-refractivity contribution in [3.8, 4) is 0 Å². The summed E-state index contributed by atoms with van der Waals surface area (Å²) in [5, 5.41) is 12.1. The lowest BCUT2D eigenvalue weighted by atomic mass is 10.3. The van der Waals surface area contributed by atoms with Crippen molar-refractivity contribution in [2.24, 2.45) is 0 Å². The molecule has 0 aromatic rings. The summed E-state index contributed by atoms with van der Waals surface area (Å²) in [6, 6.07) is 0.962. The Morgan fingerprint density at radius 3 is 3.11 bits per heavy atom. The van der Waals surface area contributed by atoms with Gasteiger partial charge < -0.3 is 24.3 Å². The Labute approximate surface area is 110 Å². The van der Waals surface area contributed by atoms with Gasteiger partial charge in [0.1, 0.15) is 12.7 Å². The van der Waals surface area contributed by atoms with Gasteiger partial charge in [0.15, 0.2) is 6.29 Å². The first kappa shape index (κ1) is 15.6. The van der Waals surface area contributed by atoms with E-state index in [9.17, 15) is 9.90 Å². The van der Waals surface area contributed by atoms with Gasteiger partial charge in [-0.3, -0.25) is 4.79 Å². The van der Waals surface area contributed by atoms with Gasteiger partial charge in [-0.1, -0.05) is 0 Å². The van der Waals surface area contributed by atoms with Gasteiger partial charge in [0.25, 0.3) is 0 Å². The Hall–Kier alpha value is -0.473. The molecule has 18 heavy (non-hydrogen) atoms. The average molecular weight is 275 g/mol. The second-order valence-electron chi connectivity index (χ2n) is 3.93. The molecule has 0 aromatic carbocycles. The summed E-state index contributed by atoms with van der Waals surface area (Å²) in [5.41, 5.74) is 0. The molecule has 1 rings (SSSR count). The van der Waals surface area contributed by atoms with Crippen LogP contribution in [0.15, 0.2) is 0 Å². The van der Waals surface area contributed by atoms with Crippen molar-refractivity contribution >= 4 is 15.7 Å². The maximum atomic E-state index is 11.4.